The van der Waals surface area contributed by atoms with Crippen LogP contribution in [0.2, 0.25) is 0 Å². The Bertz CT molecular complexity index is 1410. The normalized spacial score (nSPS) is 14.6. The number of hydrogen-bond acceptors (Lipinski definition) is 5. The molecule has 2 N–H and O–H groups in total. The molecule has 0 aliphatic heterocycles. The maximum Gasteiger partial charge on any atom is 0.335 e. The van der Waals surface area contributed by atoms with Crippen molar-refractivity contribution >= 4 is 49.1 Å². The summed E-state index contributed by atoms with van der Waals surface area (Å²) in [6.45, 7) is 0. The summed E-state index contributed by atoms with van der Waals surface area (Å²) in [4.78, 5) is 24.3. The predicted octanol–water partition coefficient (Wildman–Crippen LogP) is 4.52. The van der Waals surface area contributed by atoms with Crippen LogP contribution in [0.5, 0.6) is 0 Å². The van der Waals surface area contributed by atoms with Gasteiger partial charge in [0.15, 0.2) is 0 Å². The molecule has 4 rings (SSSR count). The number of halogens is 1. The van der Waals surface area contributed by atoms with Gasteiger partial charge in [0.25, 0.3) is 10.0 Å². The van der Waals surface area contributed by atoms with Gasteiger partial charge >= 0.3 is 5.97 Å². The third-order valence-corrected chi connectivity index (χ3v) is 6.53. The van der Waals surface area contributed by atoms with E-state index in [0.29, 0.717) is 11.3 Å². The van der Waals surface area contributed by atoms with Gasteiger partial charge in [-0.05, 0) is 48.5 Å². The van der Waals surface area contributed by atoms with Crippen LogP contribution >= 0.6 is 15.9 Å². The molecule has 0 heterocycles. The molecule has 3 aromatic rings. The minimum absolute atomic E-state index is 0.0136. The summed E-state index contributed by atoms with van der Waals surface area (Å²) >= 11 is 3.27. The fourth-order valence-corrected chi connectivity index (χ4v) is 4.43. The Labute approximate surface area is 192 Å². The molecule has 9 heteroatoms. The van der Waals surface area contributed by atoms with E-state index < -0.39 is 16.0 Å². The van der Waals surface area contributed by atoms with Gasteiger partial charge in [-0.1, -0.05) is 46.3 Å². The zero-order chi connectivity index (χ0) is 22.9. The number of ketones is 1. The van der Waals surface area contributed by atoms with Crippen LogP contribution in [0.4, 0.5) is 5.69 Å². The highest BCUT2D eigenvalue weighted by Crippen LogP contribution is 2.26. The van der Waals surface area contributed by atoms with E-state index in [2.05, 4.69) is 25.6 Å². The van der Waals surface area contributed by atoms with Gasteiger partial charge in [0, 0.05) is 21.3 Å². The van der Waals surface area contributed by atoms with Crippen LogP contribution in [0.1, 0.15) is 26.3 Å². The smallest absolute Gasteiger partial charge is 0.335 e. The monoisotopic (exact) mass is 510 g/mol. The average Bonchev–Trinajstić information content (AvgIpc) is 2.77. The van der Waals surface area contributed by atoms with Gasteiger partial charge in [-0.25, -0.2) is 4.79 Å². The van der Waals surface area contributed by atoms with E-state index in [1.54, 1.807) is 48.5 Å². The van der Waals surface area contributed by atoms with Crippen molar-refractivity contribution in [3.05, 3.63) is 106 Å². The lowest BCUT2D eigenvalue weighted by molar-refractivity contribution is 0.0696. The summed E-state index contributed by atoms with van der Waals surface area (Å²) in [5, 5.41) is 12.1. The number of nitrogens with one attached hydrogen (secondary N) is 1. The predicted molar refractivity (Wildman–Crippen MR) is 124 cm³/mol. The number of carboxylic acid groups (broad SMARTS) is 1. The number of carbonyl (C=O) groups is 2. The number of aromatic carboxylic acids is 1. The molecule has 0 aromatic heterocycles. The maximum absolute atomic E-state index is 13.0. The second-order valence-corrected chi connectivity index (χ2v) is 9.37. The molecular weight excluding hydrogens is 496 g/mol. The van der Waals surface area contributed by atoms with Crippen molar-refractivity contribution in [1.29, 1.82) is 0 Å². The topological polar surface area (TPSA) is 113 Å². The average molecular weight is 511 g/mol. The molecule has 7 nitrogen and oxygen atoms in total. The first-order valence-electron chi connectivity index (χ1n) is 9.31. The maximum atomic E-state index is 13.0. The lowest BCUT2D eigenvalue weighted by Gasteiger charge is -2.19. The summed E-state index contributed by atoms with van der Waals surface area (Å²) in [5.74, 6) is -1.47. The summed E-state index contributed by atoms with van der Waals surface area (Å²) in [7, 11) is -4.05. The first kappa shape index (κ1) is 21.7. The third-order valence-electron chi connectivity index (χ3n) is 4.69. The molecule has 0 bridgehead atoms. The molecular formula is C23H15BrN2O5S. The first-order valence-corrected chi connectivity index (χ1v) is 11.5. The van der Waals surface area contributed by atoms with E-state index in [9.17, 15) is 23.1 Å². The molecule has 0 radical (unpaired) electrons. The van der Waals surface area contributed by atoms with Crippen molar-refractivity contribution in [3.8, 4) is 0 Å². The van der Waals surface area contributed by atoms with Gasteiger partial charge in [0.05, 0.1) is 21.9 Å². The van der Waals surface area contributed by atoms with E-state index in [0.717, 1.165) is 4.47 Å². The SMILES string of the molecule is O=C(O)c1cccc(NC2=CC(=NS(=O)(=O)c3ccc(Br)cc3)c3ccccc3C2=O)c1. The zero-order valence-corrected chi connectivity index (χ0v) is 18.7. The van der Waals surface area contributed by atoms with E-state index in [-0.39, 0.29) is 33.2 Å². The lowest BCUT2D eigenvalue weighted by Crippen LogP contribution is -2.22. The van der Waals surface area contributed by atoms with Gasteiger partial charge < -0.3 is 10.4 Å². The molecule has 0 amide bonds. The Morgan fingerprint density at radius 3 is 2.31 bits per heavy atom. The molecule has 0 saturated carbocycles. The first-order chi connectivity index (χ1) is 15.2. The molecule has 0 spiro atoms. The molecule has 3 aromatic carbocycles. The molecule has 1 aliphatic rings. The minimum Gasteiger partial charge on any atom is -0.478 e. The summed E-state index contributed by atoms with van der Waals surface area (Å²) in [5.41, 5.74) is 1.28. The fraction of sp³-hybridized carbons (Fsp3) is 0. The number of Topliss-reactive ketones (excluding diaryl/α,β-unsaturated/α-hetero) is 1. The van der Waals surface area contributed by atoms with Gasteiger partial charge in [-0.3, -0.25) is 4.79 Å². The number of benzene rings is 3. The number of nitrogens with zero attached hydrogens (tertiary/aromatic N) is 1. The Kier molecular flexibility index (Phi) is 5.77. The highest BCUT2D eigenvalue weighted by Gasteiger charge is 2.26. The largest absolute Gasteiger partial charge is 0.478 e. The summed E-state index contributed by atoms with van der Waals surface area (Å²) < 4.78 is 30.5. The van der Waals surface area contributed by atoms with Crippen LogP contribution in [0, 0.1) is 0 Å². The van der Waals surface area contributed by atoms with Crippen molar-refractivity contribution in [2.24, 2.45) is 4.40 Å². The summed E-state index contributed by atoms with van der Waals surface area (Å²) in [6.07, 6.45) is 1.36. The Hall–Kier alpha value is -3.56. The van der Waals surface area contributed by atoms with Crippen LogP contribution < -0.4 is 5.32 Å². The molecule has 32 heavy (non-hydrogen) atoms. The minimum atomic E-state index is -4.05. The van der Waals surface area contributed by atoms with Crippen LogP contribution in [0.25, 0.3) is 0 Å². The standard InChI is InChI=1S/C23H15BrN2O5S/c24-15-8-10-17(11-9-15)32(30,31)26-20-13-21(22(27)19-7-2-1-6-18(19)20)25-16-5-3-4-14(12-16)23(28)29/h1-13,25H,(H,28,29). The van der Waals surface area contributed by atoms with Crippen LogP contribution in [0.15, 0.2) is 98.3 Å². The number of carboxylic acids is 1. The number of carbonyl (C=O) groups excluding carboxylic acids is 1. The van der Waals surface area contributed by atoms with Gasteiger partial charge in [0.2, 0.25) is 5.78 Å². The second kappa shape index (κ2) is 8.52. The van der Waals surface area contributed by atoms with Crippen molar-refractivity contribution in [1.82, 2.24) is 0 Å². The number of anilines is 1. The van der Waals surface area contributed by atoms with Gasteiger partial charge in [-0.2, -0.15) is 12.8 Å². The molecule has 1 aliphatic carbocycles. The number of rotatable bonds is 5. The van der Waals surface area contributed by atoms with Crippen LogP contribution in [-0.2, 0) is 10.0 Å². The van der Waals surface area contributed by atoms with Crippen molar-refractivity contribution in [3.63, 3.8) is 0 Å². The van der Waals surface area contributed by atoms with Crippen molar-refractivity contribution in [2.75, 3.05) is 5.32 Å². The van der Waals surface area contributed by atoms with Gasteiger partial charge in [0.1, 0.15) is 0 Å². The van der Waals surface area contributed by atoms with Gasteiger partial charge in [-0.15, -0.1) is 0 Å². The van der Waals surface area contributed by atoms with E-state index in [4.69, 9.17) is 0 Å². The molecule has 160 valence electrons. The second-order valence-electron chi connectivity index (χ2n) is 6.85. The molecule has 0 unspecified atom stereocenters. The zero-order valence-electron chi connectivity index (χ0n) is 16.3. The molecule has 0 atom stereocenters. The Balaban J connectivity index is 1.80. The third kappa shape index (κ3) is 4.39. The van der Waals surface area contributed by atoms with Crippen LogP contribution in [-0.4, -0.2) is 31.0 Å². The highest BCUT2D eigenvalue weighted by atomic mass is 79.9. The van der Waals surface area contributed by atoms with E-state index in [1.165, 1.54) is 30.3 Å². The number of fused-ring (bicyclic) bond motifs is 1. The quantitative estimate of drug-likeness (QED) is 0.521. The van der Waals surface area contributed by atoms with Crippen LogP contribution in [0.3, 0.4) is 0 Å². The Morgan fingerprint density at radius 1 is 0.938 bits per heavy atom. The Morgan fingerprint density at radius 2 is 1.62 bits per heavy atom. The number of sulfonamides is 1. The number of hydrogen-bond donors (Lipinski definition) is 2. The van der Waals surface area contributed by atoms with E-state index >= 15 is 0 Å². The number of allylic oxidation sites excluding steroid dienone is 2. The van der Waals surface area contributed by atoms with E-state index in [1.807, 2.05) is 0 Å². The van der Waals surface area contributed by atoms with Crippen molar-refractivity contribution < 1.29 is 23.1 Å². The highest BCUT2D eigenvalue weighted by molar-refractivity contribution is 9.10. The fourth-order valence-electron chi connectivity index (χ4n) is 3.17. The lowest BCUT2D eigenvalue weighted by atomic mass is 9.92. The summed E-state index contributed by atoms with van der Waals surface area (Å²) in [6, 6.07) is 18.6. The molecule has 0 saturated heterocycles. The van der Waals surface area contributed by atoms with Crippen molar-refractivity contribution in [2.45, 2.75) is 4.90 Å². The molecule has 0 fully saturated rings.